The minimum absolute atomic E-state index is 0.0219. The number of benzene rings is 1. The SMILES string of the molecule is CC1C(NCCC[C@H]2CN(c3ccc4c(n3)NC(=O)CS4)C(=O)O2)c2cccc3ccc(=O)n1c23. The summed E-state index contributed by atoms with van der Waals surface area (Å²) < 4.78 is 7.46. The second-order valence-corrected chi connectivity index (χ2v) is 10.1. The number of nitrogens with zero attached hydrogens (tertiary/aromatic N) is 3. The normalized spacial score (nSPS) is 22.9. The van der Waals surface area contributed by atoms with Crippen molar-refractivity contribution in [1.82, 2.24) is 14.9 Å². The smallest absolute Gasteiger partial charge is 0.415 e. The molecule has 0 aliphatic carbocycles. The number of hydrogen-bond acceptors (Lipinski definition) is 7. The van der Waals surface area contributed by atoms with Crippen LogP contribution in [-0.2, 0) is 9.53 Å². The fraction of sp³-hybridized carbons (Fsp3) is 0.360. The molecule has 3 atom stereocenters. The van der Waals surface area contributed by atoms with E-state index < -0.39 is 6.09 Å². The molecule has 0 spiro atoms. The number of fused-ring (bicyclic) bond motifs is 1. The van der Waals surface area contributed by atoms with E-state index in [-0.39, 0.29) is 29.7 Å². The number of para-hydroxylation sites is 1. The lowest BCUT2D eigenvalue weighted by molar-refractivity contribution is -0.113. The van der Waals surface area contributed by atoms with Crippen LogP contribution in [0.4, 0.5) is 16.4 Å². The van der Waals surface area contributed by atoms with Crippen LogP contribution in [0, 0.1) is 0 Å². The van der Waals surface area contributed by atoms with Crippen LogP contribution in [0.15, 0.2) is 52.2 Å². The van der Waals surface area contributed by atoms with Gasteiger partial charge in [-0.2, -0.15) is 0 Å². The maximum atomic E-state index is 12.5. The van der Waals surface area contributed by atoms with Gasteiger partial charge in [-0.1, -0.05) is 18.2 Å². The standard InChI is InChI=1S/C25H25N5O4S/c1-14-22(17-6-2-4-15-7-10-21(32)30(14)23(15)17)26-11-3-5-16-12-29(25(33)34-16)19-9-8-18-24(27-19)28-20(31)13-35-18/h2,4,6-10,14,16,22,26H,3,5,11-13H2,1H3,(H,27,28,31)/t14?,16-,22?/m0/s1. The number of ether oxygens (including phenoxy) is 1. The molecule has 3 aliphatic heterocycles. The van der Waals surface area contributed by atoms with Gasteiger partial charge in [0.05, 0.1) is 34.8 Å². The van der Waals surface area contributed by atoms with Gasteiger partial charge in [0, 0.05) is 6.07 Å². The Morgan fingerprint density at radius 2 is 2.06 bits per heavy atom. The Kier molecular flexibility index (Phi) is 5.49. The quantitative estimate of drug-likeness (QED) is 0.509. The predicted octanol–water partition coefficient (Wildman–Crippen LogP) is 3.45. The molecule has 10 heteroatoms. The minimum Gasteiger partial charge on any atom is -0.444 e. The number of rotatable bonds is 6. The molecule has 0 bridgehead atoms. The average molecular weight is 492 g/mol. The zero-order chi connectivity index (χ0) is 24.1. The van der Waals surface area contributed by atoms with Crippen LogP contribution in [0.5, 0.6) is 0 Å². The molecule has 2 N–H and O–H groups in total. The third-order valence-electron chi connectivity index (χ3n) is 6.88. The maximum Gasteiger partial charge on any atom is 0.415 e. The van der Waals surface area contributed by atoms with Crippen molar-refractivity contribution in [2.24, 2.45) is 0 Å². The topological polar surface area (TPSA) is 106 Å². The first-order valence-corrected chi connectivity index (χ1v) is 12.8. The van der Waals surface area contributed by atoms with E-state index in [0.29, 0.717) is 30.4 Å². The Balaban J connectivity index is 1.07. The summed E-state index contributed by atoms with van der Waals surface area (Å²) >= 11 is 1.43. The number of cyclic esters (lactones) is 1. The Morgan fingerprint density at radius 3 is 2.94 bits per heavy atom. The summed E-state index contributed by atoms with van der Waals surface area (Å²) in [6.45, 7) is 3.23. The van der Waals surface area contributed by atoms with Crippen molar-refractivity contribution in [3.05, 3.63) is 58.4 Å². The lowest BCUT2D eigenvalue weighted by atomic mass is 10.0. The molecule has 180 valence electrons. The van der Waals surface area contributed by atoms with Crippen molar-refractivity contribution in [2.45, 2.75) is 42.8 Å². The molecule has 9 nitrogen and oxygen atoms in total. The van der Waals surface area contributed by atoms with E-state index in [1.54, 1.807) is 12.1 Å². The van der Waals surface area contributed by atoms with Gasteiger partial charge in [-0.25, -0.2) is 9.78 Å². The first kappa shape index (κ1) is 22.1. The fourth-order valence-electron chi connectivity index (χ4n) is 5.24. The third kappa shape index (κ3) is 3.86. The second-order valence-electron chi connectivity index (χ2n) is 9.11. The molecule has 3 aromatic rings. The number of nitrogens with one attached hydrogen (secondary N) is 2. The molecule has 1 aromatic carbocycles. The second kappa shape index (κ2) is 8.69. The summed E-state index contributed by atoms with van der Waals surface area (Å²) in [6.07, 6.45) is 0.886. The van der Waals surface area contributed by atoms with Crippen LogP contribution in [-0.4, -0.2) is 46.5 Å². The van der Waals surface area contributed by atoms with Crippen molar-refractivity contribution in [2.75, 3.05) is 29.1 Å². The van der Waals surface area contributed by atoms with Gasteiger partial charge in [0.15, 0.2) is 0 Å². The number of thioether (sulfide) groups is 1. The van der Waals surface area contributed by atoms with E-state index in [9.17, 15) is 14.4 Å². The maximum absolute atomic E-state index is 12.5. The predicted molar refractivity (Wildman–Crippen MR) is 134 cm³/mol. The number of aromatic nitrogens is 2. The van der Waals surface area contributed by atoms with Gasteiger partial charge >= 0.3 is 6.09 Å². The molecular formula is C25H25N5O4S. The van der Waals surface area contributed by atoms with Gasteiger partial charge in [-0.3, -0.25) is 14.5 Å². The van der Waals surface area contributed by atoms with Crippen molar-refractivity contribution in [1.29, 1.82) is 0 Å². The van der Waals surface area contributed by atoms with Crippen molar-refractivity contribution in [3.8, 4) is 0 Å². The van der Waals surface area contributed by atoms with E-state index >= 15 is 0 Å². The van der Waals surface area contributed by atoms with Gasteiger partial charge in [0.1, 0.15) is 17.7 Å². The van der Waals surface area contributed by atoms with Crippen LogP contribution in [0.1, 0.15) is 37.4 Å². The fourth-order valence-corrected chi connectivity index (χ4v) is 6.00. The molecule has 2 unspecified atom stereocenters. The number of carbonyl (C=O) groups is 2. The Bertz CT molecular complexity index is 1410. The van der Waals surface area contributed by atoms with Gasteiger partial charge in [-0.15, -0.1) is 11.8 Å². The molecule has 35 heavy (non-hydrogen) atoms. The molecule has 1 fully saturated rings. The first-order chi connectivity index (χ1) is 17.0. The van der Waals surface area contributed by atoms with Gasteiger partial charge < -0.3 is 19.9 Å². The number of carbonyl (C=O) groups excluding carboxylic acids is 2. The van der Waals surface area contributed by atoms with Gasteiger partial charge in [0.2, 0.25) is 5.91 Å². The molecule has 0 radical (unpaired) electrons. The summed E-state index contributed by atoms with van der Waals surface area (Å²) in [5, 5.41) is 7.45. The molecular weight excluding hydrogens is 466 g/mol. The highest BCUT2D eigenvalue weighted by molar-refractivity contribution is 8.00. The van der Waals surface area contributed by atoms with Crippen LogP contribution in [0.3, 0.4) is 0 Å². The number of pyridine rings is 2. The van der Waals surface area contributed by atoms with E-state index in [1.807, 2.05) is 28.8 Å². The summed E-state index contributed by atoms with van der Waals surface area (Å²) in [5.41, 5.74) is 2.18. The van der Waals surface area contributed by atoms with E-state index in [4.69, 9.17) is 4.74 Å². The van der Waals surface area contributed by atoms with E-state index in [2.05, 4.69) is 28.6 Å². The molecule has 2 aromatic heterocycles. The van der Waals surface area contributed by atoms with Gasteiger partial charge in [-0.05, 0) is 55.5 Å². The number of anilines is 2. The summed E-state index contributed by atoms with van der Waals surface area (Å²) in [6, 6.07) is 13.4. The summed E-state index contributed by atoms with van der Waals surface area (Å²) in [7, 11) is 0. The van der Waals surface area contributed by atoms with E-state index in [0.717, 1.165) is 34.3 Å². The van der Waals surface area contributed by atoms with Crippen molar-refractivity contribution < 1.29 is 14.3 Å². The molecule has 2 amide bonds. The molecule has 5 heterocycles. The molecule has 0 saturated carbocycles. The Morgan fingerprint density at radius 1 is 1.17 bits per heavy atom. The highest BCUT2D eigenvalue weighted by Crippen LogP contribution is 2.38. The lowest BCUT2D eigenvalue weighted by Crippen LogP contribution is -2.29. The Hall–Kier alpha value is -3.37. The zero-order valence-electron chi connectivity index (χ0n) is 19.2. The average Bonchev–Trinajstić information content (AvgIpc) is 3.36. The third-order valence-corrected chi connectivity index (χ3v) is 7.93. The number of amides is 2. The van der Waals surface area contributed by atoms with Gasteiger partial charge in [0.25, 0.3) is 5.56 Å². The van der Waals surface area contributed by atoms with Crippen LogP contribution >= 0.6 is 11.8 Å². The lowest BCUT2D eigenvalue weighted by Gasteiger charge is -2.20. The monoisotopic (exact) mass is 491 g/mol. The van der Waals surface area contributed by atoms with Crippen molar-refractivity contribution in [3.63, 3.8) is 0 Å². The minimum atomic E-state index is -0.420. The zero-order valence-corrected chi connectivity index (χ0v) is 20.0. The molecule has 3 aliphatic rings. The molecule has 6 rings (SSSR count). The molecule has 1 saturated heterocycles. The largest absolute Gasteiger partial charge is 0.444 e. The Labute approximate surface area is 205 Å². The highest BCUT2D eigenvalue weighted by atomic mass is 32.2. The number of hydrogen-bond donors (Lipinski definition) is 2. The van der Waals surface area contributed by atoms with E-state index in [1.165, 1.54) is 16.7 Å². The summed E-state index contributed by atoms with van der Waals surface area (Å²) in [5.74, 6) is 1.24. The van der Waals surface area contributed by atoms with Crippen LogP contribution in [0.25, 0.3) is 10.9 Å². The highest BCUT2D eigenvalue weighted by Gasteiger charge is 2.34. The first-order valence-electron chi connectivity index (χ1n) is 11.8. The van der Waals surface area contributed by atoms with Crippen LogP contribution in [0.2, 0.25) is 0 Å². The summed E-state index contributed by atoms with van der Waals surface area (Å²) in [4.78, 5) is 43.5. The van der Waals surface area contributed by atoms with Crippen LogP contribution < -0.4 is 21.1 Å². The van der Waals surface area contributed by atoms with Crippen molar-refractivity contribution >= 4 is 46.3 Å².